The van der Waals surface area contributed by atoms with Crippen molar-refractivity contribution < 1.29 is 9.59 Å². The molecule has 3 rings (SSSR count). The van der Waals surface area contributed by atoms with Crippen LogP contribution in [-0.2, 0) is 6.54 Å². The molecule has 0 bridgehead atoms. The summed E-state index contributed by atoms with van der Waals surface area (Å²) < 4.78 is 0.932. The van der Waals surface area contributed by atoms with E-state index in [0.717, 1.165) is 9.13 Å². The van der Waals surface area contributed by atoms with Gasteiger partial charge in [0, 0.05) is 8.59 Å². The minimum absolute atomic E-state index is 0.197. The zero-order valence-electron chi connectivity index (χ0n) is 10.3. The molecule has 0 saturated heterocycles. The summed E-state index contributed by atoms with van der Waals surface area (Å²) in [6, 6.07) is 12.5. The molecule has 0 saturated carbocycles. The van der Waals surface area contributed by atoms with Gasteiger partial charge < -0.3 is 0 Å². The quantitative estimate of drug-likeness (QED) is 0.572. The Balaban J connectivity index is 1.96. The van der Waals surface area contributed by atoms with Gasteiger partial charge in [-0.05, 0) is 52.4 Å². The number of halogens is 2. The molecule has 0 atom stereocenters. The van der Waals surface area contributed by atoms with Gasteiger partial charge in [0.1, 0.15) is 0 Å². The minimum Gasteiger partial charge on any atom is -0.270 e. The van der Waals surface area contributed by atoms with Crippen molar-refractivity contribution >= 4 is 46.0 Å². The molecule has 3 nitrogen and oxygen atoms in total. The maximum atomic E-state index is 12.3. The number of hydrogen-bond donors (Lipinski definition) is 0. The fourth-order valence-corrected chi connectivity index (χ4v) is 2.89. The van der Waals surface area contributed by atoms with Gasteiger partial charge in [-0.3, -0.25) is 14.5 Å². The van der Waals surface area contributed by atoms with Crippen LogP contribution in [-0.4, -0.2) is 16.7 Å². The van der Waals surface area contributed by atoms with Crippen LogP contribution in [0, 0.1) is 3.57 Å². The largest absolute Gasteiger partial charge is 0.270 e. The Morgan fingerprint density at radius 2 is 1.70 bits per heavy atom. The van der Waals surface area contributed by atoms with Crippen molar-refractivity contribution in [3.63, 3.8) is 0 Å². The maximum absolute atomic E-state index is 12.3. The third kappa shape index (κ3) is 2.23. The van der Waals surface area contributed by atoms with Gasteiger partial charge in [-0.1, -0.05) is 29.8 Å². The average molecular weight is 398 g/mol. The number of carbonyl (C=O) groups is 2. The molecule has 2 aromatic rings. The average Bonchev–Trinajstić information content (AvgIpc) is 2.66. The first-order valence-corrected chi connectivity index (χ1v) is 7.43. The number of carbonyl (C=O) groups excluding carboxylic acids is 2. The van der Waals surface area contributed by atoms with Gasteiger partial charge >= 0.3 is 0 Å². The van der Waals surface area contributed by atoms with Crippen LogP contribution >= 0.6 is 34.2 Å². The third-order valence-electron chi connectivity index (χ3n) is 3.22. The van der Waals surface area contributed by atoms with E-state index in [0.29, 0.717) is 16.1 Å². The topological polar surface area (TPSA) is 37.4 Å². The Bertz CT molecular complexity index is 730. The summed E-state index contributed by atoms with van der Waals surface area (Å²) in [5.74, 6) is -0.523. The molecule has 20 heavy (non-hydrogen) atoms. The molecular formula is C15H9ClINO2. The number of amides is 2. The third-order valence-corrected chi connectivity index (χ3v) is 4.26. The molecule has 0 aliphatic carbocycles. The molecule has 100 valence electrons. The van der Waals surface area contributed by atoms with E-state index in [9.17, 15) is 9.59 Å². The predicted octanol–water partition coefficient (Wildman–Crippen LogP) is 3.74. The minimum atomic E-state index is -0.263. The Morgan fingerprint density at radius 3 is 2.45 bits per heavy atom. The summed E-state index contributed by atoms with van der Waals surface area (Å²) in [4.78, 5) is 25.9. The van der Waals surface area contributed by atoms with Crippen LogP contribution in [0.25, 0.3) is 0 Å². The van der Waals surface area contributed by atoms with E-state index in [4.69, 9.17) is 11.6 Å². The molecule has 0 aromatic heterocycles. The maximum Gasteiger partial charge on any atom is 0.261 e. The lowest BCUT2D eigenvalue weighted by Gasteiger charge is -2.14. The van der Waals surface area contributed by atoms with Crippen molar-refractivity contribution in [1.29, 1.82) is 0 Å². The molecule has 2 amide bonds. The monoisotopic (exact) mass is 397 g/mol. The van der Waals surface area contributed by atoms with E-state index < -0.39 is 0 Å². The molecule has 0 unspecified atom stereocenters. The zero-order chi connectivity index (χ0) is 14.3. The first kappa shape index (κ1) is 13.6. The van der Waals surface area contributed by atoms with E-state index >= 15 is 0 Å². The summed E-state index contributed by atoms with van der Waals surface area (Å²) in [6.45, 7) is 0.197. The van der Waals surface area contributed by atoms with Gasteiger partial charge in [0.15, 0.2) is 0 Å². The van der Waals surface area contributed by atoms with Crippen LogP contribution in [0.5, 0.6) is 0 Å². The van der Waals surface area contributed by atoms with Crippen molar-refractivity contribution in [2.24, 2.45) is 0 Å². The summed E-state index contributed by atoms with van der Waals surface area (Å²) in [5.41, 5.74) is 1.69. The number of nitrogens with zero attached hydrogens (tertiary/aromatic N) is 1. The summed E-state index contributed by atoms with van der Waals surface area (Å²) >= 11 is 8.21. The standard InChI is InChI=1S/C15H9ClINO2/c16-13-4-2-1-3-9(13)8-18-14(19)11-6-5-10(17)7-12(11)15(18)20/h1-7H,8H2. The lowest BCUT2D eigenvalue weighted by Crippen LogP contribution is -2.29. The number of fused-ring (bicyclic) bond motifs is 1. The van der Waals surface area contributed by atoms with E-state index in [2.05, 4.69) is 22.6 Å². The highest BCUT2D eigenvalue weighted by Gasteiger charge is 2.35. The molecule has 1 aliphatic heterocycles. The van der Waals surface area contributed by atoms with Gasteiger partial charge in [-0.2, -0.15) is 0 Å². The Kier molecular flexibility index (Phi) is 3.52. The molecule has 2 aromatic carbocycles. The number of hydrogen-bond acceptors (Lipinski definition) is 2. The lowest BCUT2D eigenvalue weighted by molar-refractivity contribution is 0.0642. The first-order valence-electron chi connectivity index (χ1n) is 5.97. The van der Waals surface area contributed by atoms with Crippen LogP contribution in [0.3, 0.4) is 0 Å². The van der Waals surface area contributed by atoms with Crippen molar-refractivity contribution in [2.45, 2.75) is 6.54 Å². The van der Waals surface area contributed by atoms with E-state index in [1.807, 2.05) is 24.3 Å². The highest BCUT2D eigenvalue weighted by molar-refractivity contribution is 14.1. The smallest absolute Gasteiger partial charge is 0.261 e. The molecule has 5 heteroatoms. The molecule has 0 fully saturated rings. The van der Waals surface area contributed by atoms with Crippen molar-refractivity contribution in [3.05, 3.63) is 67.7 Å². The molecule has 0 spiro atoms. The molecule has 1 heterocycles. The fraction of sp³-hybridized carbons (Fsp3) is 0.0667. The molecular weight excluding hydrogens is 389 g/mol. The summed E-state index contributed by atoms with van der Waals surface area (Å²) in [6.07, 6.45) is 0. The number of benzene rings is 2. The number of rotatable bonds is 2. The SMILES string of the molecule is O=C1c2ccc(I)cc2C(=O)N1Cc1ccccc1Cl. The summed E-state index contributed by atoms with van der Waals surface area (Å²) in [7, 11) is 0. The fourth-order valence-electron chi connectivity index (χ4n) is 2.20. The van der Waals surface area contributed by atoms with Gasteiger partial charge in [0.25, 0.3) is 11.8 Å². The second-order valence-corrected chi connectivity index (χ2v) is 6.13. The van der Waals surface area contributed by atoms with E-state index in [-0.39, 0.29) is 18.4 Å². The van der Waals surface area contributed by atoms with E-state index in [1.54, 1.807) is 18.2 Å². The highest BCUT2D eigenvalue weighted by atomic mass is 127. The van der Waals surface area contributed by atoms with E-state index in [1.165, 1.54) is 4.90 Å². The lowest BCUT2D eigenvalue weighted by atomic mass is 10.1. The normalized spacial score (nSPS) is 13.8. The van der Waals surface area contributed by atoms with Gasteiger partial charge in [0.05, 0.1) is 17.7 Å². The molecule has 0 N–H and O–H groups in total. The van der Waals surface area contributed by atoms with Gasteiger partial charge in [0.2, 0.25) is 0 Å². The second kappa shape index (κ2) is 5.18. The summed E-state index contributed by atoms with van der Waals surface area (Å²) in [5, 5.41) is 0.554. The van der Waals surface area contributed by atoms with Crippen LogP contribution in [0.15, 0.2) is 42.5 Å². The van der Waals surface area contributed by atoms with Crippen LogP contribution in [0.2, 0.25) is 5.02 Å². The first-order chi connectivity index (χ1) is 9.58. The second-order valence-electron chi connectivity index (χ2n) is 4.48. The zero-order valence-corrected chi connectivity index (χ0v) is 13.2. The van der Waals surface area contributed by atoms with Gasteiger partial charge in [-0.25, -0.2) is 0 Å². The van der Waals surface area contributed by atoms with Crippen LogP contribution < -0.4 is 0 Å². The number of imide groups is 1. The molecule has 1 aliphatic rings. The van der Waals surface area contributed by atoms with Crippen molar-refractivity contribution in [3.8, 4) is 0 Å². The predicted molar refractivity (Wildman–Crippen MR) is 84.8 cm³/mol. The molecule has 0 radical (unpaired) electrons. The van der Waals surface area contributed by atoms with Crippen LogP contribution in [0.4, 0.5) is 0 Å². The Morgan fingerprint density at radius 1 is 1.00 bits per heavy atom. The highest BCUT2D eigenvalue weighted by Crippen LogP contribution is 2.27. The van der Waals surface area contributed by atoms with Crippen LogP contribution in [0.1, 0.15) is 26.3 Å². The van der Waals surface area contributed by atoms with Gasteiger partial charge in [-0.15, -0.1) is 0 Å². The Hall–Kier alpha value is -1.40. The van der Waals surface area contributed by atoms with Crippen molar-refractivity contribution in [1.82, 2.24) is 4.90 Å². The van der Waals surface area contributed by atoms with Crippen molar-refractivity contribution in [2.75, 3.05) is 0 Å². The Labute approximate surface area is 134 Å².